The molecule has 1 atom stereocenters. The third-order valence-corrected chi connectivity index (χ3v) is 8.16. The van der Waals surface area contributed by atoms with Crippen molar-refractivity contribution in [3.63, 3.8) is 0 Å². The molecular weight excluding hydrogens is 480 g/mol. The molecule has 3 heterocycles. The predicted molar refractivity (Wildman–Crippen MR) is 126 cm³/mol. The zero-order valence-corrected chi connectivity index (χ0v) is 19.7. The second-order valence-electron chi connectivity index (χ2n) is 8.15. The first kappa shape index (κ1) is 23.3. The summed E-state index contributed by atoms with van der Waals surface area (Å²) in [6.07, 6.45) is 1.27. The Bertz CT molecular complexity index is 1400. The number of carbonyl (C=O) groups is 1. The van der Waals surface area contributed by atoms with Crippen LogP contribution in [0.1, 0.15) is 10.4 Å². The van der Waals surface area contributed by atoms with Gasteiger partial charge in [0.15, 0.2) is 11.6 Å². The van der Waals surface area contributed by atoms with Crippen molar-refractivity contribution in [2.45, 2.75) is 6.54 Å². The number of anilines is 1. The quantitative estimate of drug-likeness (QED) is 0.507. The van der Waals surface area contributed by atoms with E-state index in [1.807, 2.05) is 6.07 Å². The Hall–Kier alpha value is -3.40. The number of benzene rings is 2. The maximum absolute atomic E-state index is 15.4. The van der Waals surface area contributed by atoms with E-state index >= 15 is 4.39 Å². The third kappa shape index (κ3) is 4.05. The SMILES string of the molecule is COP(=O)(Oc1ccccc1)N1CCN(c2c(F)cc3c(=O)c(C(=O)O)cn4c3c2OCC4)CC1. The zero-order chi connectivity index (χ0) is 24.7. The van der Waals surface area contributed by atoms with E-state index in [4.69, 9.17) is 13.8 Å². The Labute approximate surface area is 199 Å². The Morgan fingerprint density at radius 2 is 1.86 bits per heavy atom. The summed E-state index contributed by atoms with van der Waals surface area (Å²) in [4.78, 5) is 25.9. The fraction of sp³-hybridized carbons (Fsp3) is 0.304. The van der Waals surface area contributed by atoms with Gasteiger partial charge in [0.05, 0.1) is 17.4 Å². The summed E-state index contributed by atoms with van der Waals surface area (Å²) in [6, 6.07) is 9.78. The molecule has 35 heavy (non-hydrogen) atoms. The number of carboxylic acids is 1. The molecule has 1 unspecified atom stereocenters. The second kappa shape index (κ2) is 8.99. The van der Waals surface area contributed by atoms with Gasteiger partial charge in [0.25, 0.3) is 0 Å². The Kier molecular flexibility index (Phi) is 6.00. The largest absolute Gasteiger partial charge is 0.487 e. The van der Waals surface area contributed by atoms with E-state index in [0.717, 1.165) is 6.07 Å². The van der Waals surface area contributed by atoms with Gasteiger partial charge >= 0.3 is 13.7 Å². The minimum Gasteiger partial charge on any atom is -0.487 e. The van der Waals surface area contributed by atoms with Crippen LogP contribution in [0.5, 0.6) is 11.5 Å². The van der Waals surface area contributed by atoms with Gasteiger partial charge in [-0.3, -0.25) is 9.32 Å². The molecule has 0 amide bonds. The van der Waals surface area contributed by atoms with Gasteiger partial charge in [0, 0.05) is 39.5 Å². The number of carboxylic acid groups (broad SMARTS) is 1. The van der Waals surface area contributed by atoms with E-state index < -0.39 is 30.5 Å². The van der Waals surface area contributed by atoms with Crippen molar-refractivity contribution < 1.29 is 32.6 Å². The summed E-state index contributed by atoms with van der Waals surface area (Å²) >= 11 is 0. The summed E-state index contributed by atoms with van der Waals surface area (Å²) in [5.41, 5.74) is -0.630. The highest BCUT2D eigenvalue weighted by Crippen LogP contribution is 2.52. The highest BCUT2D eigenvalue weighted by Gasteiger charge is 2.38. The minimum absolute atomic E-state index is 0.0420. The summed E-state index contributed by atoms with van der Waals surface area (Å²) in [5.74, 6) is -1.44. The lowest BCUT2D eigenvalue weighted by Crippen LogP contribution is -2.46. The molecule has 3 aromatic rings. The molecule has 0 bridgehead atoms. The van der Waals surface area contributed by atoms with Crippen molar-refractivity contribution in [2.24, 2.45) is 0 Å². The normalized spacial score (nSPS) is 17.6. The van der Waals surface area contributed by atoms with Gasteiger partial charge in [-0.25, -0.2) is 13.8 Å². The first-order chi connectivity index (χ1) is 16.8. The van der Waals surface area contributed by atoms with Gasteiger partial charge in [0.2, 0.25) is 5.43 Å². The Morgan fingerprint density at radius 1 is 1.14 bits per heavy atom. The summed E-state index contributed by atoms with van der Waals surface area (Å²) in [7, 11) is -2.30. The van der Waals surface area contributed by atoms with Crippen molar-refractivity contribution in [1.82, 2.24) is 9.24 Å². The minimum atomic E-state index is -3.62. The number of rotatable bonds is 6. The number of nitrogens with zero attached hydrogens (tertiary/aromatic N) is 3. The molecule has 0 spiro atoms. The van der Waals surface area contributed by atoms with E-state index in [0.29, 0.717) is 30.9 Å². The second-order valence-corrected chi connectivity index (χ2v) is 10.2. The number of hydrogen-bond acceptors (Lipinski definition) is 7. The zero-order valence-electron chi connectivity index (χ0n) is 18.8. The highest BCUT2D eigenvalue weighted by molar-refractivity contribution is 7.51. The van der Waals surface area contributed by atoms with Gasteiger partial charge in [-0.2, -0.15) is 4.67 Å². The van der Waals surface area contributed by atoms with E-state index in [2.05, 4.69) is 0 Å². The lowest BCUT2D eigenvalue weighted by atomic mass is 10.1. The maximum atomic E-state index is 15.4. The molecule has 5 rings (SSSR count). The number of ether oxygens (including phenoxy) is 1. The van der Waals surface area contributed by atoms with Crippen molar-refractivity contribution in [1.29, 1.82) is 0 Å². The molecule has 0 aliphatic carbocycles. The molecule has 2 aliphatic rings. The van der Waals surface area contributed by atoms with Gasteiger partial charge in [-0.15, -0.1) is 0 Å². The predicted octanol–water partition coefficient (Wildman–Crippen LogP) is 3.19. The van der Waals surface area contributed by atoms with Crippen molar-refractivity contribution >= 4 is 30.3 Å². The van der Waals surface area contributed by atoms with Gasteiger partial charge in [-0.1, -0.05) is 18.2 Å². The summed E-state index contributed by atoms with van der Waals surface area (Å²) < 4.78 is 48.7. The number of halogens is 1. The molecule has 2 aliphatic heterocycles. The van der Waals surface area contributed by atoms with E-state index in [9.17, 15) is 19.3 Å². The number of pyridine rings is 1. The molecule has 10 nitrogen and oxygen atoms in total. The highest BCUT2D eigenvalue weighted by atomic mass is 31.2. The Balaban J connectivity index is 1.46. The fourth-order valence-electron chi connectivity index (χ4n) is 4.48. The fourth-order valence-corrected chi connectivity index (χ4v) is 5.96. The maximum Gasteiger partial charge on any atom is 0.461 e. The van der Waals surface area contributed by atoms with E-state index in [1.54, 1.807) is 38.4 Å². The molecule has 0 saturated carbocycles. The smallest absolute Gasteiger partial charge is 0.461 e. The summed E-state index contributed by atoms with van der Waals surface area (Å²) in [6.45, 7) is 1.64. The molecular formula is C23H23FN3O7P. The first-order valence-electron chi connectivity index (χ1n) is 11.0. The number of hydrogen-bond donors (Lipinski definition) is 1. The van der Waals surface area contributed by atoms with E-state index in [-0.39, 0.29) is 36.5 Å². The Morgan fingerprint density at radius 3 is 2.51 bits per heavy atom. The summed E-state index contributed by atoms with van der Waals surface area (Å²) in [5, 5.41) is 9.33. The first-order valence-corrected chi connectivity index (χ1v) is 12.5. The molecule has 184 valence electrons. The van der Waals surface area contributed by atoms with Crippen LogP contribution < -0.4 is 19.6 Å². The molecule has 1 saturated heterocycles. The lowest BCUT2D eigenvalue weighted by molar-refractivity contribution is 0.0694. The van der Waals surface area contributed by atoms with Crippen LogP contribution in [0.2, 0.25) is 0 Å². The molecule has 2 aromatic carbocycles. The molecule has 0 radical (unpaired) electrons. The van der Waals surface area contributed by atoms with Crippen molar-refractivity contribution in [2.75, 3.05) is 44.8 Å². The number of piperazine rings is 1. The average molecular weight is 503 g/mol. The van der Waals surface area contributed by atoms with Gasteiger partial charge < -0.3 is 23.8 Å². The average Bonchev–Trinajstić information content (AvgIpc) is 2.86. The number of aromatic carboxylic acids is 1. The van der Waals surface area contributed by atoms with Crippen molar-refractivity contribution in [3.05, 3.63) is 64.2 Å². The van der Waals surface area contributed by atoms with Crippen LogP contribution in [0, 0.1) is 5.82 Å². The van der Waals surface area contributed by atoms with Crippen molar-refractivity contribution in [3.8, 4) is 11.5 Å². The van der Waals surface area contributed by atoms with Crippen LogP contribution in [0.4, 0.5) is 10.1 Å². The van der Waals surface area contributed by atoms with Crippen LogP contribution in [-0.4, -0.2) is 60.2 Å². The van der Waals surface area contributed by atoms with Gasteiger partial charge in [0.1, 0.15) is 23.6 Å². The lowest BCUT2D eigenvalue weighted by Gasteiger charge is -2.39. The monoisotopic (exact) mass is 503 g/mol. The number of aromatic nitrogens is 1. The standard InChI is InChI=1S/C23H23FN3O7P/c1-32-35(31,34-15-5-3-2-4-6-15)27-9-7-25(8-10-27)20-18(24)13-16-19-22(20)33-12-11-26(19)14-17(21(16)28)23(29)30/h2-6,13-14H,7-12H2,1H3,(H,29,30). The molecule has 12 heteroatoms. The molecule has 1 aromatic heterocycles. The number of para-hydroxylation sites is 1. The van der Waals surface area contributed by atoms with Crippen LogP contribution in [0.25, 0.3) is 10.9 Å². The van der Waals surface area contributed by atoms with Crippen LogP contribution in [-0.2, 0) is 15.6 Å². The van der Waals surface area contributed by atoms with E-state index in [1.165, 1.54) is 13.3 Å². The topological polar surface area (TPSA) is 111 Å². The van der Waals surface area contributed by atoms with Crippen LogP contribution in [0.3, 0.4) is 0 Å². The van der Waals surface area contributed by atoms with Crippen LogP contribution >= 0.6 is 7.75 Å². The molecule has 1 N–H and O–H groups in total. The molecule has 1 fully saturated rings. The third-order valence-electron chi connectivity index (χ3n) is 6.17. The van der Waals surface area contributed by atoms with Gasteiger partial charge in [-0.05, 0) is 18.2 Å². The van der Waals surface area contributed by atoms with Crippen LogP contribution in [0.15, 0.2) is 47.4 Å².